The highest BCUT2D eigenvalue weighted by atomic mass is 16.2. The summed E-state index contributed by atoms with van der Waals surface area (Å²) in [6.45, 7) is 1.33. The molecule has 88 valence electrons. The zero-order chi connectivity index (χ0) is 11.1. The predicted octanol–water partition coefficient (Wildman–Crippen LogP) is 0.381. The molecule has 1 N–H and O–H groups in total. The molecule has 1 aliphatic heterocycles. The Kier molecular flexibility index (Phi) is 2.46. The van der Waals surface area contributed by atoms with Crippen molar-refractivity contribution in [3.8, 4) is 0 Å². The van der Waals surface area contributed by atoms with Gasteiger partial charge in [0.15, 0.2) is 0 Å². The molecule has 1 saturated heterocycles. The molecule has 1 heterocycles. The molecule has 0 aromatic rings. The topological polar surface area (TPSA) is 49.4 Å². The van der Waals surface area contributed by atoms with Crippen LogP contribution in [0.4, 0.5) is 0 Å². The molecule has 0 aromatic carbocycles. The summed E-state index contributed by atoms with van der Waals surface area (Å²) in [6, 6.07) is 0. The Bertz CT molecular complexity index is 313. The molecule has 4 nitrogen and oxygen atoms in total. The normalized spacial score (nSPS) is 38.5. The maximum absolute atomic E-state index is 11.6. The number of fused-ring (bicyclic) bond motifs is 2. The number of piperazine rings is 1. The van der Waals surface area contributed by atoms with Crippen molar-refractivity contribution < 1.29 is 9.59 Å². The molecule has 2 amide bonds. The van der Waals surface area contributed by atoms with Crippen LogP contribution in [0.25, 0.3) is 0 Å². The molecule has 0 aromatic heterocycles. The minimum atomic E-state index is -0.0426. The first kappa shape index (κ1) is 10.3. The van der Waals surface area contributed by atoms with Gasteiger partial charge in [0.25, 0.3) is 0 Å². The van der Waals surface area contributed by atoms with Crippen LogP contribution in [0, 0.1) is 17.8 Å². The average Bonchev–Trinajstić information content (AvgIpc) is 2.85. The molecule has 3 rings (SSSR count). The Morgan fingerprint density at radius 3 is 2.44 bits per heavy atom. The number of nitrogens with one attached hydrogen (secondary N) is 1. The lowest BCUT2D eigenvalue weighted by Gasteiger charge is -2.31. The van der Waals surface area contributed by atoms with Gasteiger partial charge in [0.1, 0.15) is 0 Å². The molecule has 2 bridgehead atoms. The summed E-state index contributed by atoms with van der Waals surface area (Å²) in [7, 11) is 0. The third-order valence-corrected chi connectivity index (χ3v) is 4.46. The van der Waals surface area contributed by atoms with E-state index in [0.29, 0.717) is 25.6 Å². The molecule has 2 aliphatic carbocycles. The van der Waals surface area contributed by atoms with Gasteiger partial charge in [-0.25, -0.2) is 0 Å². The number of imide groups is 1. The van der Waals surface area contributed by atoms with Crippen molar-refractivity contribution in [1.29, 1.82) is 0 Å². The van der Waals surface area contributed by atoms with Gasteiger partial charge in [-0.2, -0.15) is 0 Å². The van der Waals surface area contributed by atoms with E-state index in [4.69, 9.17) is 0 Å². The van der Waals surface area contributed by atoms with Crippen LogP contribution in [0.3, 0.4) is 0 Å². The summed E-state index contributed by atoms with van der Waals surface area (Å²) in [6.07, 6.45) is 5.24. The Balaban J connectivity index is 1.65. The van der Waals surface area contributed by atoms with Crippen LogP contribution in [0.1, 0.15) is 25.7 Å². The van der Waals surface area contributed by atoms with Gasteiger partial charge in [-0.05, 0) is 37.0 Å². The van der Waals surface area contributed by atoms with Crippen LogP contribution < -0.4 is 5.32 Å². The lowest BCUT2D eigenvalue weighted by atomic mass is 9.88. The molecule has 0 radical (unpaired) electrons. The van der Waals surface area contributed by atoms with Crippen LogP contribution in [0.5, 0.6) is 0 Å². The smallest absolute Gasteiger partial charge is 0.243 e. The molecule has 2 saturated carbocycles. The molecule has 4 heteroatoms. The standard InChI is InChI=1S/C12H18N2O2/c15-11-5-13-6-12(16)14(11)7-10-4-8-1-2-9(10)3-8/h8-10,13H,1-7H2. The molecule has 3 aliphatic rings. The molecular formula is C12H18N2O2. The van der Waals surface area contributed by atoms with E-state index in [1.807, 2.05) is 0 Å². The van der Waals surface area contributed by atoms with Crippen LogP contribution in [-0.4, -0.2) is 36.3 Å². The van der Waals surface area contributed by atoms with Crippen molar-refractivity contribution in [3.63, 3.8) is 0 Å². The van der Waals surface area contributed by atoms with Gasteiger partial charge in [-0.3, -0.25) is 19.8 Å². The number of rotatable bonds is 2. The predicted molar refractivity (Wildman–Crippen MR) is 58.5 cm³/mol. The van der Waals surface area contributed by atoms with Gasteiger partial charge in [-0.1, -0.05) is 6.42 Å². The third kappa shape index (κ3) is 1.65. The Morgan fingerprint density at radius 1 is 1.12 bits per heavy atom. The van der Waals surface area contributed by atoms with Crippen molar-refractivity contribution in [2.75, 3.05) is 19.6 Å². The first-order valence-electron chi connectivity index (χ1n) is 6.28. The van der Waals surface area contributed by atoms with Gasteiger partial charge in [0.2, 0.25) is 11.8 Å². The summed E-state index contributed by atoms with van der Waals surface area (Å²) >= 11 is 0. The molecule has 16 heavy (non-hydrogen) atoms. The van der Waals surface area contributed by atoms with Gasteiger partial charge >= 0.3 is 0 Å². The minimum Gasteiger partial charge on any atom is -0.300 e. The number of nitrogens with zero attached hydrogens (tertiary/aromatic N) is 1. The minimum absolute atomic E-state index is 0.0426. The monoisotopic (exact) mass is 222 g/mol. The first-order chi connectivity index (χ1) is 7.74. The maximum atomic E-state index is 11.6. The van der Waals surface area contributed by atoms with Gasteiger partial charge in [0, 0.05) is 6.54 Å². The summed E-state index contributed by atoms with van der Waals surface area (Å²) in [5, 5.41) is 2.83. The van der Waals surface area contributed by atoms with E-state index in [2.05, 4.69) is 5.32 Å². The lowest BCUT2D eigenvalue weighted by Crippen LogP contribution is -2.53. The summed E-state index contributed by atoms with van der Waals surface area (Å²) < 4.78 is 0. The van der Waals surface area contributed by atoms with E-state index in [9.17, 15) is 9.59 Å². The zero-order valence-corrected chi connectivity index (χ0v) is 9.45. The number of hydrogen-bond donors (Lipinski definition) is 1. The van der Waals surface area contributed by atoms with Crippen LogP contribution in [0.15, 0.2) is 0 Å². The van der Waals surface area contributed by atoms with Crippen LogP contribution in [-0.2, 0) is 9.59 Å². The van der Waals surface area contributed by atoms with Gasteiger partial charge < -0.3 is 0 Å². The largest absolute Gasteiger partial charge is 0.300 e. The molecule has 0 spiro atoms. The van der Waals surface area contributed by atoms with Crippen molar-refractivity contribution in [2.24, 2.45) is 17.8 Å². The van der Waals surface area contributed by atoms with Crippen molar-refractivity contribution >= 4 is 11.8 Å². The Hall–Kier alpha value is -0.900. The van der Waals surface area contributed by atoms with Gasteiger partial charge in [-0.15, -0.1) is 0 Å². The van der Waals surface area contributed by atoms with Crippen molar-refractivity contribution in [1.82, 2.24) is 10.2 Å². The second-order valence-electron chi connectivity index (χ2n) is 5.44. The van der Waals surface area contributed by atoms with Crippen molar-refractivity contribution in [2.45, 2.75) is 25.7 Å². The van der Waals surface area contributed by atoms with E-state index in [-0.39, 0.29) is 11.8 Å². The zero-order valence-electron chi connectivity index (χ0n) is 9.45. The number of hydrogen-bond acceptors (Lipinski definition) is 3. The lowest BCUT2D eigenvalue weighted by molar-refractivity contribution is -0.147. The number of carbonyl (C=O) groups excluding carboxylic acids is 2. The highest BCUT2D eigenvalue weighted by molar-refractivity contribution is 5.99. The van der Waals surface area contributed by atoms with E-state index in [1.54, 1.807) is 0 Å². The van der Waals surface area contributed by atoms with E-state index in [0.717, 1.165) is 11.8 Å². The van der Waals surface area contributed by atoms with Crippen LogP contribution in [0.2, 0.25) is 0 Å². The molecule has 3 unspecified atom stereocenters. The van der Waals surface area contributed by atoms with E-state index < -0.39 is 0 Å². The molecule has 3 atom stereocenters. The highest BCUT2D eigenvalue weighted by Crippen LogP contribution is 2.48. The average molecular weight is 222 g/mol. The fourth-order valence-electron chi connectivity index (χ4n) is 3.64. The summed E-state index contributed by atoms with van der Waals surface area (Å²) in [4.78, 5) is 24.8. The van der Waals surface area contributed by atoms with Crippen molar-refractivity contribution in [3.05, 3.63) is 0 Å². The quantitative estimate of drug-likeness (QED) is 0.687. The number of carbonyl (C=O) groups is 2. The van der Waals surface area contributed by atoms with Gasteiger partial charge in [0.05, 0.1) is 13.1 Å². The second-order valence-corrected chi connectivity index (χ2v) is 5.44. The Labute approximate surface area is 95.4 Å². The van der Waals surface area contributed by atoms with Crippen LogP contribution >= 0.6 is 0 Å². The summed E-state index contributed by atoms with van der Waals surface area (Å²) in [5.41, 5.74) is 0. The van der Waals surface area contributed by atoms with E-state index in [1.165, 1.54) is 30.6 Å². The number of amides is 2. The summed E-state index contributed by atoms with van der Waals surface area (Å²) in [5.74, 6) is 2.16. The fraction of sp³-hybridized carbons (Fsp3) is 0.833. The molecular weight excluding hydrogens is 204 g/mol. The second kappa shape index (κ2) is 3.84. The SMILES string of the molecule is O=C1CNCC(=O)N1CC1CC2CCC1C2. The maximum Gasteiger partial charge on any atom is 0.243 e. The molecule has 3 fully saturated rings. The highest BCUT2D eigenvalue weighted by Gasteiger charge is 2.41. The fourth-order valence-corrected chi connectivity index (χ4v) is 3.64. The van der Waals surface area contributed by atoms with E-state index >= 15 is 0 Å². The third-order valence-electron chi connectivity index (χ3n) is 4.46. The first-order valence-corrected chi connectivity index (χ1v) is 6.28. The Morgan fingerprint density at radius 2 is 1.88 bits per heavy atom.